The fraction of sp³-hybridized carbons (Fsp3) is 0.471. The van der Waals surface area contributed by atoms with Crippen LogP contribution in [0.15, 0.2) is 34.9 Å². The summed E-state index contributed by atoms with van der Waals surface area (Å²) in [6, 6.07) is 9.75. The number of hydrogen-bond acceptors (Lipinski definition) is 4. The molecule has 2 amide bonds. The first kappa shape index (κ1) is 14.2. The first-order valence-electron chi connectivity index (χ1n) is 8.23. The maximum atomic E-state index is 12.5. The molecule has 23 heavy (non-hydrogen) atoms. The lowest BCUT2D eigenvalue weighted by Crippen LogP contribution is -2.39. The van der Waals surface area contributed by atoms with Gasteiger partial charge >= 0.3 is 6.03 Å². The van der Waals surface area contributed by atoms with Crippen molar-refractivity contribution >= 4 is 6.03 Å². The number of likely N-dealkylation sites (tertiary alicyclic amines) is 1. The van der Waals surface area contributed by atoms with Gasteiger partial charge in [-0.25, -0.2) is 4.79 Å². The van der Waals surface area contributed by atoms with E-state index in [0.29, 0.717) is 18.4 Å². The minimum atomic E-state index is -0.0919. The van der Waals surface area contributed by atoms with Gasteiger partial charge in [-0.15, -0.1) is 0 Å². The van der Waals surface area contributed by atoms with Gasteiger partial charge in [0.05, 0.1) is 0 Å². The Morgan fingerprint density at radius 2 is 2.09 bits per heavy atom. The highest BCUT2D eigenvalue weighted by Gasteiger charge is 2.36. The van der Waals surface area contributed by atoms with Gasteiger partial charge in [0.25, 0.3) is 0 Å². The van der Waals surface area contributed by atoms with Crippen molar-refractivity contribution in [3.63, 3.8) is 0 Å². The predicted octanol–water partition coefficient (Wildman–Crippen LogP) is 2.99. The summed E-state index contributed by atoms with van der Waals surface area (Å²) in [5, 5.41) is 7.05. The number of amides is 2. The van der Waals surface area contributed by atoms with Crippen LogP contribution in [0, 0.1) is 0 Å². The minimum Gasteiger partial charge on any atom is -0.337 e. The molecule has 1 aromatic carbocycles. The molecule has 2 aromatic rings. The van der Waals surface area contributed by atoms with Crippen molar-refractivity contribution in [2.75, 3.05) is 6.54 Å². The van der Waals surface area contributed by atoms with Crippen molar-refractivity contribution in [3.8, 4) is 0 Å². The number of carbonyl (C=O) groups is 1. The monoisotopic (exact) mass is 312 g/mol. The van der Waals surface area contributed by atoms with E-state index < -0.39 is 0 Å². The first-order chi connectivity index (χ1) is 11.3. The first-order valence-corrected chi connectivity index (χ1v) is 8.23. The molecule has 1 saturated carbocycles. The van der Waals surface area contributed by atoms with E-state index in [4.69, 9.17) is 4.52 Å². The minimum absolute atomic E-state index is 0.0671. The number of aromatic nitrogens is 2. The van der Waals surface area contributed by atoms with E-state index in [1.54, 1.807) is 0 Å². The van der Waals surface area contributed by atoms with Gasteiger partial charge in [0.1, 0.15) is 6.04 Å². The molecule has 1 unspecified atom stereocenters. The molecule has 6 nitrogen and oxygen atoms in total. The fourth-order valence-electron chi connectivity index (χ4n) is 3.03. The lowest BCUT2D eigenvalue weighted by Gasteiger charge is -2.22. The number of nitrogens with zero attached hydrogens (tertiary/aromatic N) is 3. The van der Waals surface area contributed by atoms with E-state index in [9.17, 15) is 4.79 Å². The molecule has 2 fully saturated rings. The maximum absolute atomic E-state index is 12.5. The van der Waals surface area contributed by atoms with Crippen LogP contribution >= 0.6 is 0 Å². The molecule has 120 valence electrons. The Morgan fingerprint density at radius 3 is 2.87 bits per heavy atom. The number of hydrogen-bond donors (Lipinski definition) is 1. The molecule has 1 N–H and O–H groups in total. The van der Waals surface area contributed by atoms with Crippen molar-refractivity contribution in [1.82, 2.24) is 20.4 Å². The smallest absolute Gasteiger partial charge is 0.318 e. The van der Waals surface area contributed by atoms with Crippen molar-refractivity contribution < 1.29 is 9.32 Å². The van der Waals surface area contributed by atoms with Crippen molar-refractivity contribution in [3.05, 3.63) is 47.6 Å². The van der Waals surface area contributed by atoms with Gasteiger partial charge in [-0.3, -0.25) is 0 Å². The van der Waals surface area contributed by atoms with Crippen LogP contribution < -0.4 is 5.32 Å². The quantitative estimate of drug-likeness (QED) is 0.942. The lowest BCUT2D eigenvalue weighted by atomic mass is 10.2. The SMILES string of the molecule is O=C(NCc1ccccc1)N1CCCC1c1nc(C2CC2)no1. The molecule has 0 bridgehead atoms. The number of urea groups is 1. The Kier molecular flexibility index (Phi) is 3.73. The standard InChI is InChI=1S/C17H20N4O2/c22-17(18-11-12-5-2-1-3-6-12)21-10-4-7-14(21)16-19-15(20-23-16)13-8-9-13/h1-3,5-6,13-14H,4,7-11H2,(H,18,22). The summed E-state index contributed by atoms with van der Waals surface area (Å²) in [5.74, 6) is 1.85. The maximum Gasteiger partial charge on any atom is 0.318 e. The zero-order chi connectivity index (χ0) is 15.6. The van der Waals surface area contributed by atoms with E-state index in [0.717, 1.165) is 43.6 Å². The second-order valence-electron chi connectivity index (χ2n) is 6.26. The Morgan fingerprint density at radius 1 is 1.26 bits per heavy atom. The zero-order valence-corrected chi connectivity index (χ0v) is 12.9. The van der Waals surface area contributed by atoms with Crippen LogP contribution in [0.4, 0.5) is 4.79 Å². The summed E-state index contributed by atoms with van der Waals surface area (Å²) in [6.45, 7) is 1.26. The number of benzene rings is 1. The highest BCUT2D eigenvalue weighted by molar-refractivity contribution is 5.74. The van der Waals surface area contributed by atoms with Crippen molar-refractivity contribution in [2.24, 2.45) is 0 Å². The fourth-order valence-corrected chi connectivity index (χ4v) is 3.03. The Labute approximate surface area is 134 Å². The zero-order valence-electron chi connectivity index (χ0n) is 12.9. The highest BCUT2D eigenvalue weighted by atomic mass is 16.5. The van der Waals surface area contributed by atoms with Crippen LogP contribution in [0.2, 0.25) is 0 Å². The van der Waals surface area contributed by atoms with Crippen molar-refractivity contribution in [2.45, 2.75) is 44.2 Å². The molecule has 2 aliphatic rings. The average Bonchev–Trinajstić information content (AvgIpc) is 3.12. The van der Waals surface area contributed by atoms with Crippen LogP contribution in [0.25, 0.3) is 0 Å². The third kappa shape index (κ3) is 3.06. The largest absolute Gasteiger partial charge is 0.337 e. The van der Waals surface area contributed by atoms with Gasteiger partial charge in [0.2, 0.25) is 5.89 Å². The molecule has 0 radical (unpaired) electrons. The average molecular weight is 312 g/mol. The van der Waals surface area contributed by atoms with E-state index >= 15 is 0 Å². The second kappa shape index (κ2) is 6.02. The third-order valence-electron chi connectivity index (χ3n) is 4.49. The molecule has 1 aliphatic heterocycles. The number of rotatable bonds is 4. The molecule has 2 heterocycles. The molecule has 1 atom stereocenters. The second-order valence-corrected chi connectivity index (χ2v) is 6.26. The summed E-state index contributed by atoms with van der Waals surface area (Å²) in [6.07, 6.45) is 4.13. The van der Waals surface area contributed by atoms with Gasteiger partial charge in [0.15, 0.2) is 5.82 Å². The van der Waals surface area contributed by atoms with Crippen LogP contribution in [0.3, 0.4) is 0 Å². The summed E-state index contributed by atoms with van der Waals surface area (Å²) in [4.78, 5) is 18.8. The van der Waals surface area contributed by atoms with Gasteiger partial charge < -0.3 is 14.7 Å². The lowest BCUT2D eigenvalue weighted by molar-refractivity contribution is 0.180. The van der Waals surface area contributed by atoms with Crippen LogP contribution in [-0.4, -0.2) is 27.6 Å². The molecule has 1 saturated heterocycles. The van der Waals surface area contributed by atoms with Gasteiger partial charge in [-0.05, 0) is 31.2 Å². The van der Waals surface area contributed by atoms with E-state index in [1.165, 1.54) is 0 Å². The van der Waals surface area contributed by atoms with Gasteiger partial charge in [0, 0.05) is 19.0 Å². The topological polar surface area (TPSA) is 71.3 Å². The molecule has 0 spiro atoms. The van der Waals surface area contributed by atoms with E-state index in [2.05, 4.69) is 15.5 Å². The summed E-state index contributed by atoms with van der Waals surface area (Å²) in [7, 11) is 0. The van der Waals surface area contributed by atoms with Gasteiger partial charge in [-0.1, -0.05) is 35.5 Å². The molecular weight excluding hydrogens is 292 g/mol. The number of nitrogens with one attached hydrogen (secondary N) is 1. The molecule has 1 aliphatic carbocycles. The summed E-state index contributed by atoms with van der Waals surface area (Å²) in [5.41, 5.74) is 1.09. The van der Waals surface area contributed by atoms with E-state index in [-0.39, 0.29) is 12.1 Å². The number of carbonyl (C=O) groups excluding carboxylic acids is 1. The predicted molar refractivity (Wildman–Crippen MR) is 83.6 cm³/mol. The summed E-state index contributed by atoms with van der Waals surface area (Å²) < 4.78 is 5.41. The van der Waals surface area contributed by atoms with Crippen LogP contribution in [-0.2, 0) is 6.54 Å². The third-order valence-corrected chi connectivity index (χ3v) is 4.49. The van der Waals surface area contributed by atoms with Crippen molar-refractivity contribution in [1.29, 1.82) is 0 Å². The molecule has 6 heteroatoms. The van der Waals surface area contributed by atoms with Crippen LogP contribution in [0.1, 0.15) is 54.9 Å². The molecule has 4 rings (SSSR count). The molecule has 1 aromatic heterocycles. The molecular formula is C17H20N4O2. The van der Waals surface area contributed by atoms with Crippen LogP contribution in [0.5, 0.6) is 0 Å². The highest BCUT2D eigenvalue weighted by Crippen LogP contribution is 2.39. The Bertz CT molecular complexity index is 681. The van der Waals surface area contributed by atoms with E-state index in [1.807, 2.05) is 35.2 Å². The summed E-state index contributed by atoms with van der Waals surface area (Å²) >= 11 is 0. The normalized spacial score (nSPS) is 20.7. The Hall–Kier alpha value is -2.37. The van der Waals surface area contributed by atoms with Gasteiger partial charge in [-0.2, -0.15) is 4.98 Å². The Balaban J connectivity index is 1.41.